The summed E-state index contributed by atoms with van der Waals surface area (Å²) >= 11 is 3.65. The molecule has 0 saturated heterocycles. The van der Waals surface area contributed by atoms with Crippen LogP contribution in [0.4, 0.5) is 0 Å². The molecule has 1 rings (SSSR count). The van der Waals surface area contributed by atoms with E-state index < -0.39 is 0 Å². The standard InChI is InChI=1S/C10H19Br/c1-5-8(2)10(7-11)6-9(10,3)4/h8H,5-7H2,1-4H3. The van der Waals surface area contributed by atoms with Crippen molar-refractivity contribution in [3.63, 3.8) is 0 Å². The highest BCUT2D eigenvalue weighted by Crippen LogP contribution is 2.68. The van der Waals surface area contributed by atoms with Gasteiger partial charge in [0.05, 0.1) is 0 Å². The molecular formula is C10H19Br. The van der Waals surface area contributed by atoms with Gasteiger partial charge in [-0.1, -0.05) is 50.0 Å². The van der Waals surface area contributed by atoms with Crippen molar-refractivity contribution in [1.29, 1.82) is 0 Å². The van der Waals surface area contributed by atoms with Gasteiger partial charge in [-0.2, -0.15) is 0 Å². The van der Waals surface area contributed by atoms with E-state index in [-0.39, 0.29) is 0 Å². The summed E-state index contributed by atoms with van der Waals surface area (Å²) in [5.41, 5.74) is 1.20. The monoisotopic (exact) mass is 218 g/mol. The molecule has 0 aromatic carbocycles. The fraction of sp³-hybridized carbons (Fsp3) is 1.00. The van der Waals surface area contributed by atoms with E-state index in [1.165, 1.54) is 18.2 Å². The van der Waals surface area contributed by atoms with E-state index in [9.17, 15) is 0 Å². The van der Waals surface area contributed by atoms with Crippen molar-refractivity contribution in [2.24, 2.45) is 16.7 Å². The molecule has 0 spiro atoms. The molecule has 1 saturated carbocycles. The Morgan fingerprint density at radius 3 is 2.00 bits per heavy atom. The molecule has 0 amide bonds. The van der Waals surface area contributed by atoms with E-state index in [4.69, 9.17) is 0 Å². The summed E-state index contributed by atoms with van der Waals surface area (Å²) < 4.78 is 0. The lowest BCUT2D eigenvalue weighted by Gasteiger charge is -2.24. The number of hydrogen-bond donors (Lipinski definition) is 0. The zero-order valence-electron chi connectivity index (χ0n) is 8.08. The van der Waals surface area contributed by atoms with Crippen LogP contribution in [-0.2, 0) is 0 Å². The molecule has 11 heavy (non-hydrogen) atoms. The molecule has 0 aromatic rings. The largest absolute Gasteiger partial charge is 0.0922 e. The molecule has 2 atom stereocenters. The summed E-state index contributed by atoms with van der Waals surface area (Å²) in [7, 11) is 0. The third-order valence-corrected chi connectivity index (χ3v) is 4.77. The van der Waals surface area contributed by atoms with E-state index in [1.807, 2.05) is 0 Å². The topological polar surface area (TPSA) is 0 Å². The predicted octanol–water partition coefficient (Wildman–Crippen LogP) is 3.84. The highest BCUT2D eigenvalue weighted by molar-refractivity contribution is 9.09. The van der Waals surface area contributed by atoms with Crippen molar-refractivity contribution < 1.29 is 0 Å². The Morgan fingerprint density at radius 2 is 1.91 bits per heavy atom. The molecule has 2 unspecified atom stereocenters. The molecule has 0 radical (unpaired) electrons. The van der Waals surface area contributed by atoms with Crippen LogP contribution in [-0.4, -0.2) is 5.33 Å². The molecule has 1 aliphatic carbocycles. The van der Waals surface area contributed by atoms with Gasteiger partial charge < -0.3 is 0 Å². The second-order valence-corrected chi connectivity index (χ2v) is 5.22. The normalized spacial score (nSPS) is 36.8. The van der Waals surface area contributed by atoms with Gasteiger partial charge in [0, 0.05) is 5.33 Å². The smallest absolute Gasteiger partial charge is 0.00958 e. The summed E-state index contributed by atoms with van der Waals surface area (Å²) in [5.74, 6) is 0.872. The lowest BCUT2D eigenvalue weighted by molar-refractivity contribution is 0.289. The second kappa shape index (κ2) is 2.76. The third kappa shape index (κ3) is 1.26. The first-order valence-electron chi connectivity index (χ1n) is 4.56. The van der Waals surface area contributed by atoms with Crippen LogP contribution in [0.3, 0.4) is 0 Å². The lowest BCUT2D eigenvalue weighted by atomic mass is 9.84. The van der Waals surface area contributed by atoms with Gasteiger partial charge in [-0.05, 0) is 23.2 Å². The molecule has 0 N–H and O–H groups in total. The van der Waals surface area contributed by atoms with Crippen molar-refractivity contribution in [2.75, 3.05) is 5.33 Å². The highest BCUT2D eigenvalue weighted by Gasteiger charge is 2.62. The van der Waals surface area contributed by atoms with Gasteiger partial charge in [0.1, 0.15) is 0 Å². The van der Waals surface area contributed by atoms with Crippen molar-refractivity contribution in [1.82, 2.24) is 0 Å². The van der Waals surface area contributed by atoms with Gasteiger partial charge in [-0.25, -0.2) is 0 Å². The van der Waals surface area contributed by atoms with Gasteiger partial charge in [-0.15, -0.1) is 0 Å². The van der Waals surface area contributed by atoms with Gasteiger partial charge in [0.25, 0.3) is 0 Å². The summed E-state index contributed by atoms with van der Waals surface area (Å²) in [6.07, 6.45) is 2.72. The maximum Gasteiger partial charge on any atom is 0.00958 e. The average molecular weight is 219 g/mol. The summed E-state index contributed by atoms with van der Waals surface area (Å²) in [5, 5.41) is 1.18. The zero-order chi connectivity index (χ0) is 8.70. The van der Waals surface area contributed by atoms with Crippen LogP contribution in [0, 0.1) is 16.7 Å². The number of hydrogen-bond acceptors (Lipinski definition) is 0. The number of alkyl halides is 1. The maximum absolute atomic E-state index is 3.65. The van der Waals surface area contributed by atoms with Gasteiger partial charge >= 0.3 is 0 Å². The Morgan fingerprint density at radius 1 is 1.45 bits per heavy atom. The highest BCUT2D eigenvalue weighted by atomic mass is 79.9. The van der Waals surface area contributed by atoms with Crippen LogP contribution in [0.25, 0.3) is 0 Å². The average Bonchev–Trinajstić information content (AvgIpc) is 2.53. The quantitative estimate of drug-likeness (QED) is 0.632. The third-order valence-electron chi connectivity index (χ3n) is 3.77. The van der Waals surface area contributed by atoms with E-state index in [0.717, 1.165) is 5.92 Å². The van der Waals surface area contributed by atoms with E-state index in [1.54, 1.807) is 0 Å². The van der Waals surface area contributed by atoms with Crippen LogP contribution in [0.15, 0.2) is 0 Å². The van der Waals surface area contributed by atoms with Crippen molar-refractivity contribution >= 4 is 15.9 Å². The SMILES string of the molecule is CCC(C)C1(CBr)CC1(C)C. The molecule has 0 bridgehead atoms. The molecule has 66 valence electrons. The van der Waals surface area contributed by atoms with E-state index in [0.29, 0.717) is 10.8 Å². The Kier molecular flexibility index (Phi) is 2.40. The van der Waals surface area contributed by atoms with Crippen molar-refractivity contribution in [3.8, 4) is 0 Å². The molecule has 0 nitrogen and oxygen atoms in total. The van der Waals surface area contributed by atoms with Gasteiger partial charge in [0.15, 0.2) is 0 Å². The van der Waals surface area contributed by atoms with Crippen molar-refractivity contribution in [2.45, 2.75) is 40.5 Å². The Labute approximate surface area is 78.9 Å². The molecule has 1 aliphatic rings. The zero-order valence-corrected chi connectivity index (χ0v) is 9.66. The molecule has 1 heteroatoms. The van der Waals surface area contributed by atoms with Crippen LogP contribution in [0.5, 0.6) is 0 Å². The van der Waals surface area contributed by atoms with E-state index >= 15 is 0 Å². The predicted molar refractivity (Wildman–Crippen MR) is 54.1 cm³/mol. The van der Waals surface area contributed by atoms with Crippen LogP contribution in [0.1, 0.15) is 40.5 Å². The Balaban J connectivity index is 2.67. The molecule has 0 aliphatic heterocycles. The molecular weight excluding hydrogens is 200 g/mol. The maximum atomic E-state index is 3.65. The summed E-state index contributed by atoms with van der Waals surface area (Å²) in [4.78, 5) is 0. The summed E-state index contributed by atoms with van der Waals surface area (Å²) in [6, 6.07) is 0. The minimum absolute atomic E-state index is 0.589. The fourth-order valence-corrected chi connectivity index (χ4v) is 3.85. The first kappa shape index (κ1) is 9.57. The second-order valence-electron chi connectivity index (χ2n) is 4.66. The molecule has 0 heterocycles. The van der Waals surface area contributed by atoms with Gasteiger partial charge in [-0.3, -0.25) is 0 Å². The summed E-state index contributed by atoms with van der Waals surface area (Å²) in [6.45, 7) is 9.46. The number of rotatable bonds is 3. The number of halogens is 1. The molecule has 0 aromatic heterocycles. The van der Waals surface area contributed by atoms with Gasteiger partial charge in [0.2, 0.25) is 0 Å². The van der Waals surface area contributed by atoms with Crippen LogP contribution < -0.4 is 0 Å². The van der Waals surface area contributed by atoms with E-state index in [2.05, 4.69) is 43.6 Å². The van der Waals surface area contributed by atoms with Crippen LogP contribution in [0.2, 0.25) is 0 Å². The minimum atomic E-state index is 0.589. The Hall–Kier alpha value is 0.480. The Bertz CT molecular complexity index is 151. The van der Waals surface area contributed by atoms with Crippen LogP contribution >= 0.6 is 15.9 Å². The first-order valence-corrected chi connectivity index (χ1v) is 5.68. The minimum Gasteiger partial charge on any atom is -0.0922 e. The first-order chi connectivity index (χ1) is 5.00. The molecule has 1 fully saturated rings. The fourth-order valence-electron chi connectivity index (χ4n) is 2.34. The lowest BCUT2D eigenvalue weighted by Crippen LogP contribution is -2.19. The van der Waals surface area contributed by atoms with Crippen molar-refractivity contribution in [3.05, 3.63) is 0 Å².